The molecular formula is C16H26N4O2. The SMILES string of the molecule is CN(CCCCN)CC(=O)N(CC(N)=O)Cc1ccccc1. The number of hydrogen-bond donors (Lipinski definition) is 2. The monoisotopic (exact) mass is 306 g/mol. The van der Waals surface area contributed by atoms with Crippen LogP contribution in [-0.4, -0.2) is 54.8 Å². The molecule has 0 aromatic heterocycles. The molecule has 6 nitrogen and oxygen atoms in total. The molecule has 0 unspecified atom stereocenters. The summed E-state index contributed by atoms with van der Waals surface area (Å²) in [7, 11) is 1.89. The van der Waals surface area contributed by atoms with Crippen molar-refractivity contribution in [1.82, 2.24) is 9.80 Å². The van der Waals surface area contributed by atoms with Crippen LogP contribution in [0, 0.1) is 0 Å². The van der Waals surface area contributed by atoms with Crippen molar-refractivity contribution in [1.29, 1.82) is 0 Å². The molecule has 1 aromatic carbocycles. The van der Waals surface area contributed by atoms with Crippen LogP contribution in [0.2, 0.25) is 0 Å². The Kier molecular flexibility index (Phi) is 8.17. The third kappa shape index (κ3) is 7.19. The number of nitrogens with two attached hydrogens (primary N) is 2. The first-order valence-corrected chi connectivity index (χ1v) is 7.51. The summed E-state index contributed by atoms with van der Waals surface area (Å²) in [6.07, 6.45) is 1.89. The van der Waals surface area contributed by atoms with E-state index in [-0.39, 0.29) is 19.0 Å². The number of likely N-dealkylation sites (N-methyl/N-ethyl adjacent to an activating group) is 1. The molecule has 122 valence electrons. The van der Waals surface area contributed by atoms with Crippen molar-refractivity contribution >= 4 is 11.8 Å². The van der Waals surface area contributed by atoms with Gasteiger partial charge in [0.1, 0.15) is 0 Å². The highest BCUT2D eigenvalue weighted by Crippen LogP contribution is 2.05. The molecule has 0 fully saturated rings. The van der Waals surface area contributed by atoms with Gasteiger partial charge in [0.25, 0.3) is 0 Å². The molecular weight excluding hydrogens is 280 g/mol. The molecule has 1 rings (SSSR count). The van der Waals surface area contributed by atoms with E-state index in [1.165, 1.54) is 4.90 Å². The zero-order chi connectivity index (χ0) is 16.4. The second kappa shape index (κ2) is 9.92. The summed E-state index contributed by atoms with van der Waals surface area (Å²) in [4.78, 5) is 27.0. The maximum absolute atomic E-state index is 12.4. The number of benzene rings is 1. The summed E-state index contributed by atoms with van der Waals surface area (Å²) >= 11 is 0. The smallest absolute Gasteiger partial charge is 0.237 e. The van der Waals surface area contributed by atoms with Crippen molar-refractivity contribution in [2.45, 2.75) is 19.4 Å². The Morgan fingerprint density at radius 3 is 2.36 bits per heavy atom. The highest BCUT2D eigenvalue weighted by molar-refractivity contribution is 5.84. The van der Waals surface area contributed by atoms with Crippen molar-refractivity contribution in [3.8, 4) is 0 Å². The highest BCUT2D eigenvalue weighted by atomic mass is 16.2. The molecule has 1 aromatic rings. The number of unbranched alkanes of at least 4 members (excludes halogenated alkanes) is 1. The Hall–Kier alpha value is -1.92. The largest absolute Gasteiger partial charge is 0.368 e. The fourth-order valence-corrected chi connectivity index (χ4v) is 2.16. The normalized spacial score (nSPS) is 10.7. The minimum atomic E-state index is -0.505. The van der Waals surface area contributed by atoms with Gasteiger partial charge in [0.2, 0.25) is 11.8 Å². The van der Waals surface area contributed by atoms with Crippen molar-refractivity contribution in [3.63, 3.8) is 0 Å². The summed E-state index contributed by atoms with van der Waals surface area (Å²) in [5.74, 6) is -0.604. The van der Waals surface area contributed by atoms with E-state index < -0.39 is 5.91 Å². The van der Waals surface area contributed by atoms with E-state index in [9.17, 15) is 9.59 Å². The topological polar surface area (TPSA) is 92.7 Å². The molecule has 0 aliphatic heterocycles. The molecule has 0 bridgehead atoms. The van der Waals surface area contributed by atoms with E-state index in [1.807, 2.05) is 42.3 Å². The van der Waals surface area contributed by atoms with E-state index in [0.29, 0.717) is 13.1 Å². The lowest BCUT2D eigenvalue weighted by atomic mass is 10.2. The van der Waals surface area contributed by atoms with Gasteiger partial charge in [0.15, 0.2) is 0 Å². The van der Waals surface area contributed by atoms with Crippen molar-refractivity contribution in [2.24, 2.45) is 11.5 Å². The van der Waals surface area contributed by atoms with Crippen LogP contribution in [0.5, 0.6) is 0 Å². The molecule has 22 heavy (non-hydrogen) atoms. The average molecular weight is 306 g/mol. The van der Waals surface area contributed by atoms with Gasteiger partial charge in [-0.15, -0.1) is 0 Å². The second-order valence-corrected chi connectivity index (χ2v) is 5.44. The van der Waals surface area contributed by atoms with Crippen LogP contribution in [0.1, 0.15) is 18.4 Å². The van der Waals surface area contributed by atoms with Crippen molar-refractivity contribution in [2.75, 3.05) is 33.2 Å². The zero-order valence-corrected chi connectivity index (χ0v) is 13.2. The van der Waals surface area contributed by atoms with Crippen LogP contribution >= 0.6 is 0 Å². The number of nitrogens with zero attached hydrogens (tertiary/aromatic N) is 2. The number of rotatable bonds is 10. The van der Waals surface area contributed by atoms with E-state index in [1.54, 1.807) is 0 Å². The van der Waals surface area contributed by atoms with Crippen LogP contribution < -0.4 is 11.5 Å². The molecule has 0 heterocycles. The number of primary amides is 1. The standard InChI is InChI=1S/C16H26N4O2/c1-19(10-6-5-9-17)13-16(22)20(12-15(18)21)11-14-7-3-2-4-8-14/h2-4,7-8H,5-6,9-13,17H2,1H3,(H2,18,21). The Morgan fingerprint density at radius 2 is 1.77 bits per heavy atom. The Bertz CT molecular complexity index is 464. The molecule has 0 saturated heterocycles. The number of hydrogen-bond acceptors (Lipinski definition) is 4. The lowest BCUT2D eigenvalue weighted by Crippen LogP contribution is -2.43. The van der Waals surface area contributed by atoms with Gasteiger partial charge in [-0.2, -0.15) is 0 Å². The predicted molar refractivity (Wildman–Crippen MR) is 86.8 cm³/mol. The molecule has 0 aliphatic carbocycles. The summed E-state index contributed by atoms with van der Waals surface area (Å²) < 4.78 is 0. The van der Waals surface area contributed by atoms with Gasteiger partial charge < -0.3 is 16.4 Å². The number of amides is 2. The summed E-state index contributed by atoms with van der Waals surface area (Å²) in [5.41, 5.74) is 11.7. The van der Waals surface area contributed by atoms with Gasteiger partial charge in [-0.25, -0.2) is 0 Å². The molecule has 0 spiro atoms. The molecule has 0 radical (unpaired) electrons. The molecule has 0 saturated carbocycles. The number of carbonyl (C=O) groups is 2. The molecule has 2 amide bonds. The third-order valence-electron chi connectivity index (χ3n) is 3.31. The second-order valence-electron chi connectivity index (χ2n) is 5.44. The van der Waals surface area contributed by atoms with E-state index in [4.69, 9.17) is 11.5 Å². The quantitative estimate of drug-likeness (QED) is 0.603. The maximum atomic E-state index is 12.4. The lowest BCUT2D eigenvalue weighted by molar-refractivity contribution is -0.136. The van der Waals surface area contributed by atoms with Crippen LogP contribution in [0.3, 0.4) is 0 Å². The summed E-state index contributed by atoms with van der Waals surface area (Å²) in [5, 5.41) is 0. The van der Waals surface area contributed by atoms with Crippen molar-refractivity contribution < 1.29 is 9.59 Å². The van der Waals surface area contributed by atoms with Gasteiger partial charge in [0.05, 0.1) is 13.1 Å². The fraction of sp³-hybridized carbons (Fsp3) is 0.500. The zero-order valence-electron chi connectivity index (χ0n) is 13.2. The predicted octanol–water partition coefficient (Wildman–Crippen LogP) is 0.171. The van der Waals surface area contributed by atoms with Crippen molar-refractivity contribution in [3.05, 3.63) is 35.9 Å². The van der Waals surface area contributed by atoms with Gasteiger partial charge in [-0.1, -0.05) is 30.3 Å². The third-order valence-corrected chi connectivity index (χ3v) is 3.31. The maximum Gasteiger partial charge on any atom is 0.237 e. The van der Waals surface area contributed by atoms with E-state index in [0.717, 1.165) is 24.9 Å². The van der Waals surface area contributed by atoms with Gasteiger partial charge in [-0.3, -0.25) is 14.5 Å². The Labute approximate surface area is 132 Å². The average Bonchev–Trinajstić information content (AvgIpc) is 2.47. The van der Waals surface area contributed by atoms with Crippen LogP contribution in [0.15, 0.2) is 30.3 Å². The minimum absolute atomic E-state index is 0.0651. The summed E-state index contributed by atoms with van der Waals surface area (Å²) in [6, 6.07) is 9.57. The Balaban J connectivity index is 2.58. The van der Waals surface area contributed by atoms with Crippen LogP contribution in [-0.2, 0) is 16.1 Å². The van der Waals surface area contributed by atoms with Gasteiger partial charge in [0, 0.05) is 6.54 Å². The fourth-order valence-electron chi connectivity index (χ4n) is 2.16. The van der Waals surface area contributed by atoms with Gasteiger partial charge in [-0.05, 0) is 38.5 Å². The summed E-state index contributed by atoms with van der Waals surface area (Å²) in [6.45, 7) is 2.05. The van der Waals surface area contributed by atoms with Gasteiger partial charge >= 0.3 is 0 Å². The van der Waals surface area contributed by atoms with E-state index >= 15 is 0 Å². The first-order chi connectivity index (χ1) is 10.5. The number of carbonyl (C=O) groups excluding carboxylic acids is 2. The van der Waals surface area contributed by atoms with E-state index in [2.05, 4.69) is 0 Å². The molecule has 0 aliphatic rings. The molecule has 0 atom stereocenters. The lowest BCUT2D eigenvalue weighted by Gasteiger charge is -2.24. The first kappa shape index (κ1) is 18.1. The minimum Gasteiger partial charge on any atom is -0.368 e. The molecule has 4 N–H and O–H groups in total. The molecule has 6 heteroatoms. The van der Waals surface area contributed by atoms with Crippen LogP contribution in [0.25, 0.3) is 0 Å². The van der Waals surface area contributed by atoms with Crippen LogP contribution in [0.4, 0.5) is 0 Å². The first-order valence-electron chi connectivity index (χ1n) is 7.51. The Morgan fingerprint density at radius 1 is 1.09 bits per heavy atom. The highest BCUT2D eigenvalue weighted by Gasteiger charge is 2.17.